The average Bonchev–Trinajstić information content (AvgIpc) is 2.42. The molecule has 1 aliphatic heterocycles. The second kappa shape index (κ2) is 5.79. The summed E-state index contributed by atoms with van der Waals surface area (Å²) < 4.78 is 0. The van der Waals surface area contributed by atoms with Gasteiger partial charge in [0.1, 0.15) is 6.54 Å². The molecule has 1 aromatic heterocycles. The van der Waals surface area contributed by atoms with Crippen molar-refractivity contribution < 1.29 is 9.59 Å². The van der Waals surface area contributed by atoms with Gasteiger partial charge in [0.2, 0.25) is 11.8 Å². The lowest BCUT2D eigenvalue weighted by molar-refractivity contribution is -0.150. The lowest BCUT2D eigenvalue weighted by atomic mass is 10.2. The van der Waals surface area contributed by atoms with Crippen LogP contribution in [0.15, 0.2) is 18.3 Å². The molecule has 102 valence electrons. The number of hydrogen-bond donors (Lipinski definition) is 1. The van der Waals surface area contributed by atoms with E-state index >= 15 is 0 Å². The first-order valence-electron chi connectivity index (χ1n) is 6.33. The number of piperazine rings is 1. The van der Waals surface area contributed by atoms with Gasteiger partial charge in [-0.15, -0.1) is 0 Å². The second-order valence-electron chi connectivity index (χ2n) is 4.52. The number of hydrogen-bond acceptors (Lipinski definition) is 4. The number of carbonyl (C=O) groups is 2. The van der Waals surface area contributed by atoms with Crippen LogP contribution < -0.4 is 5.73 Å². The third-order valence-corrected chi connectivity index (χ3v) is 3.20. The van der Waals surface area contributed by atoms with Crippen LogP contribution in [0.3, 0.4) is 0 Å². The lowest BCUT2D eigenvalue weighted by Gasteiger charge is -2.33. The minimum atomic E-state index is -0.0208. The Morgan fingerprint density at radius 2 is 1.95 bits per heavy atom. The molecule has 6 nitrogen and oxygen atoms in total. The molecule has 0 saturated carbocycles. The smallest absolute Gasteiger partial charge is 0.242 e. The fourth-order valence-electron chi connectivity index (χ4n) is 2.09. The minimum absolute atomic E-state index is 0.00444. The van der Waals surface area contributed by atoms with Crippen LogP contribution in [-0.2, 0) is 22.7 Å². The lowest BCUT2D eigenvalue weighted by Crippen LogP contribution is -2.53. The normalized spacial score (nSPS) is 16.1. The maximum absolute atomic E-state index is 12.0. The van der Waals surface area contributed by atoms with Crippen LogP contribution >= 0.6 is 0 Å². The maximum atomic E-state index is 12.0. The molecule has 19 heavy (non-hydrogen) atoms. The van der Waals surface area contributed by atoms with Gasteiger partial charge >= 0.3 is 0 Å². The Morgan fingerprint density at radius 3 is 2.63 bits per heavy atom. The van der Waals surface area contributed by atoms with Crippen LogP contribution in [0.5, 0.6) is 0 Å². The monoisotopic (exact) mass is 262 g/mol. The highest BCUT2D eigenvalue weighted by molar-refractivity contribution is 5.92. The number of amides is 2. The molecule has 1 fully saturated rings. The van der Waals surface area contributed by atoms with E-state index in [1.54, 1.807) is 16.0 Å². The van der Waals surface area contributed by atoms with Crippen molar-refractivity contribution in [1.82, 2.24) is 14.8 Å². The van der Waals surface area contributed by atoms with Crippen LogP contribution in [0.1, 0.15) is 18.2 Å². The fraction of sp³-hybridized carbons (Fsp3) is 0.462. The van der Waals surface area contributed by atoms with Crippen molar-refractivity contribution in [3.63, 3.8) is 0 Å². The molecule has 0 unspecified atom stereocenters. The number of nitrogens with two attached hydrogens (primary N) is 1. The first kappa shape index (κ1) is 13.5. The van der Waals surface area contributed by atoms with E-state index in [0.29, 0.717) is 19.6 Å². The van der Waals surface area contributed by atoms with Crippen LogP contribution in [0, 0.1) is 0 Å². The van der Waals surface area contributed by atoms with Gasteiger partial charge in [-0.05, 0) is 24.6 Å². The zero-order valence-corrected chi connectivity index (χ0v) is 11.0. The number of likely N-dealkylation sites (N-methyl/N-ethyl adjacent to an activating group) is 1. The van der Waals surface area contributed by atoms with Gasteiger partial charge < -0.3 is 15.5 Å². The Bertz CT molecular complexity index is 489. The van der Waals surface area contributed by atoms with Crippen molar-refractivity contribution in [2.75, 3.05) is 19.6 Å². The molecule has 0 aliphatic carbocycles. The molecule has 1 aliphatic rings. The highest BCUT2D eigenvalue weighted by Gasteiger charge is 2.28. The molecule has 2 heterocycles. The number of carbonyl (C=O) groups excluding carboxylic acids is 2. The number of pyridine rings is 1. The Morgan fingerprint density at radius 1 is 1.26 bits per heavy atom. The predicted molar refractivity (Wildman–Crippen MR) is 69.8 cm³/mol. The molecule has 0 aromatic carbocycles. The summed E-state index contributed by atoms with van der Waals surface area (Å²) in [5, 5.41) is 0. The predicted octanol–water partition coefficient (Wildman–Crippen LogP) is -0.269. The van der Waals surface area contributed by atoms with E-state index in [1.165, 1.54) is 0 Å². The summed E-state index contributed by atoms with van der Waals surface area (Å²) in [6, 6.07) is 3.70. The third-order valence-electron chi connectivity index (χ3n) is 3.20. The van der Waals surface area contributed by atoms with Crippen LogP contribution in [-0.4, -0.2) is 46.2 Å². The summed E-state index contributed by atoms with van der Waals surface area (Å²) in [5.41, 5.74) is 7.26. The zero-order valence-electron chi connectivity index (χ0n) is 11.0. The van der Waals surface area contributed by atoms with E-state index in [-0.39, 0.29) is 24.9 Å². The Labute approximate surface area is 112 Å². The molecule has 6 heteroatoms. The summed E-state index contributed by atoms with van der Waals surface area (Å²) >= 11 is 0. The first-order valence-corrected chi connectivity index (χ1v) is 6.33. The van der Waals surface area contributed by atoms with E-state index in [9.17, 15) is 9.59 Å². The van der Waals surface area contributed by atoms with Crippen molar-refractivity contribution in [1.29, 1.82) is 0 Å². The number of rotatable bonds is 4. The van der Waals surface area contributed by atoms with Crippen molar-refractivity contribution in [3.8, 4) is 0 Å². The number of nitrogens with zero attached hydrogens (tertiary/aromatic N) is 3. The van der Waals surface area contributed by atoms with Crippen LogP contribution in [0.2, 0.25) is 0 Å². The SMILES string of the molecule is CCN1CC(=O)N(Cc2ccnc(CN)c2)CC1=O. The topological polar surface area (TPSA) is 79.5 Å². The molecule has 2 N–H and O–H groups in total. The second-order valence-corrected chi connectivity index (χ2v) is 4.52. The van der Waals surface area contributed by atoms with Gasteiger partial charge in [-0.1, -0.05) is 0 Å². The van der Waals surface area contributed by atoms with Crippen LogP contribution in [0.25, 0.3) is 0 Å². The van der Waals surface area contributed by atoms with Gasteiger partial charge in [-0.25, -0.2) is 0 Å². The molecule has 2 amide bonds. The summed E-state index contributed by atoms with van der Waals surface area (Å²) in [5.74, 6) is -0.0252. The van der Waals surface area contributed by atoms with Crippen molar-refractivity contribution in [2.24, 2.45) is 5.73 Å². The molecule has 1 saturated heterocycles. The van der Waals surface area contributed by atoms with E-state index in [1.807, 2.05) is 19.1 Å². The zero-order chi connectivity index (χ0) is 13.8. The molecule has 2 rings (SSSR count). The highest BCUT2D eigenvalue weighted by atomic mass is 16.2. The molecular formula is C13H18N4O2. The Hall–Kier alpha value is -1.95. The quantitative estimate of drug-likeness (QED) is 0.810. The van der Waals surface area contributed by atoms with E-state index < -0.39 is 0 Å². The van der Waals surface area contributed by atoms with Crippen LogP contribution in [0.4, 0.5) is 0 Å². The van der Waals surface area contributed by atoms with E-state index in [0.717, 1.165) is 11.3 Å². The molecule has 1 aromatic rings. The molecule has 0 atom stereocenters. The summed E-state index contributed by atoms with van der Waals surface area (Å²) in [7, 11) is 0. The van der Waals surface area contributed by atoms with Gasteiger partial charge in [0.15, 0.2) is 0 Å². The van der Waals surface area contributed by atoms with E-state index in [4.69, 9.17) is 5.73 Å². The molecule has 0 spiro atoms. The van der Waals surface area contributed by atoms with Crippen molar-refractivity contribution >= 4 is 11.8 Å². The van der Waals surface area contributed by atoms with Gasteiger partial charge in [-0.2, -0.15) is 0 Å². The average molecular weight is 262 g/mol. The largest absolute Gasteiger partial charge is 0.332 e. The van der Waals surface area contributed by atoms with Gasteiger partial charge in [0.25, 0.3) is 0 Å². The summed E-state index contributed by atoms with van der Waals surface area (Å²) in [6.45, 7) is 3.56. The van der Waals surface area contributed by atoms with Gasteiger partial charge in [0, 0.05) is 25.8 Å². The molecule has 0 bridgehead atoms. The van der Waals surface area contributed by atoms with Gasteiger partial charge in [0.05, 0.1) is 12.2 Å². The summed E-state index contributed by atoms with van der Waals surface area (Å²) in [6.07, 6.45) is 1.67. The molecular weight excluding hydrogens is 244 g/mol. The summed E-state index contributed by atoms with van der Waals surface area (Å²) in [4.78, 5) is 31.0. The van der Waals surface area contributed by atoms with Crippen molar-refractivity contribution in [3.05, 3.63) is 29.6 Å². The fourth-order valence-corrected chi connectivity index (χ4v) is 2.09. The maximum Gasteiger partial charge on any atom is 0.242 e. The minimum Gasteiger partial charge on any atom is -0.332 e. The van der Waals surface area contributed by atoms with Crippen molar-refractivity contribution in [2.45, 2.75) is 20.0 Å². The highest BCUT2D eigenvalue weighted by Crippen LogP contribution is 2.11. The Balaban J connectivity index is 2.06. The van der Waals surface area contributed by atoms with E-state index in [2.05, 4.69) is 4.98 Å². The van der Waals surface area contributed by atoms with Gasteiger partial charge in [-0.3, -0.25) is 14.6 Å². The molecule has 0 radical (unpaired) electrons. The first-order chi connectivity index (χ1) is 9.13. The Kier molecular flexibility index (Phi) is 4.11. The third kappa shape index (κ3) is 3.08. The number of aromatic nitrogens is 1. The standard InChI is InChI=1S/C13H18N4O2/c1-2-16-8-13(19)17(9-12(16)18)7-10-3-4-15-11(5-10)6-14/h3-5H,2,6-9,14H2,1H3.